The molecule has 2 heterocycles. The fourth-order valence-electron chi connectivity index (χ4n) is 2.24. The van der Waals surface area contributed by atoms with E-state index in [0.29, 0.717) is 5.56 Å². The third-order valence-corrected chi connectivity index (χ3v) is 4.96. The lowest BCUT2D eigenvalue weighted by atomic mass is 10.1. The molecule has 0 bridgehead atoms. The Morgan fingerprint density at radius 2 is 2.12 bits per heavy atom. The van der Waals surface area contributed by atoms with Crippen molar-refractivity contribution in [1.29, 1.82) is 0 Å². The molecular formula is C17H12BrNO4S. The van der Waals surface area contributed by atoms with Crippen LogP contribution in [0, 0.1) is 0 Å². The Labute approximate surface area is 150 Å². The van der Waals surface area contributed by atoms with Crippen molar-refractivity contribution in [1.82, 2.24) is 0 Å². The Morgan fingerprint density at radius 1 is 1.29 bits per heavy atom. The Morgan fingerprint density at radius 3 is 2.88 bits per heavy atom. The molecule has 0 atom stereocenters. The monoisotopic (exact) mass is 405 g/mol. The lowest BCUT2D eigenvalue weighted by Gasteiger charge is -2.04. The summed E-state index contributed by atoms with van der Waals surface area (Å²) in [6.45, 7) is -0.336. The highest BCUT2D eigenvalue weighted by Gasteiger charge is 2.19. The van der Waals surface area contributed by atoms with Crippen LogP contribution < -0.4 is 5.32 Å². The highest BCUT2D eigenvalue weighted by atomic mass is 79.9. The number of Topliss-reactive ketones (excluding diaryl/α,β-unsaturated/α-hetero) is 1. The molecule has 1 aromatic carbocycles. The number of carbonyl (C=O) groups excluding carboxylic acids is 3. The molecule has 0 fully saturated rings. The van der Waals surface area contributed by atoms with Crippen LogP contribution in [0.5, 0.6) is 0 Å². The summed E-state index contributed by atoms with van der Waals surface area (Å²) in [6, 6.07) is 8.70. The molecule has 1 aliphatic rings. The summed E-state index contributed by atoms with van der Waals surface area (Å²) in [5, 5.41) is 2.70. The van der Waals surface area contributed by atoms with Gasteiger partial charge in [0.05, 0.1) is 10.2 Å². The topological polar surface area (TPSA) is 72.5 Å². The van der Waals surface area contributed by atoms with Gasteiger partial charge in [-0.05, 0) is 57.9 Å². The number of ketones is 1. The molecule has 24 heavy (non-hydrogen) atoms. The average Bonchev–Trinajstić information content (AvgIpc) is 3.14. The number of esters is 1. The predicted molar refractivity (Wildman–Crippen MR) is 95.1 cm³/mol. The minimum Gasteiger partial charge on any atom is -0.454 e. The van der Waals surface area contributed by atoms with E-state index >= 15 is 0 Å². The third kappa shape index (κ3) is 3.98. The highest BCUT2D eigenvalue weighted by Crippen LogP contribution is 2.24. The predicted octanol–water partition coefficient (Wildman–Crippen LogP) is 3.44. The molecule has 0 unspecified atom stereocenters. The summed E-state index contributed by atoms with van der Waals surface area (Å²) < 4.78 is 5.93. The van der Waals surface area contributed by atoms with Crippen LogP contribution in [0.15, 0.2) is 40.2 Å². The number of rotatable bonds is 5. The Kier molecular flexibility index (Phi) is 4.92. The van der Waals surface area contributed by atoms with Crippen molar-refractivity contribution >= 4 is 56.7 Å². The maximum absolute atomic E-state index is 12.1. The van der Waals surface area contributed by atoms with E-state index < -0.39 is 5.97 Å². The molecule has 122 valence electrons. The van der Waals surface area contributed by atoms with Gasteiger partial charge in [0, 0.05) is 22.2 Å². The summed E-state index contributed by atoms with van der Waals surface area (Å²) in [5.74, 6) is -0.977. The van der Waals surface area contributed by atoms with E-state index in [-0.39, 0.29) is 24.7 Å². The summed E-state index contributed by atoms with van der Waals surface area (Å²) >= 11 is 4.82. The zero-order chi connectivity index (χ0) is 17.1. The third-order valence-electron chi connectivity index (χ3n) is 3.38. The van der Waals surface area contributed by atoms with Crippen LogP contribution in [0.2, 0.25) is 0 Å². The van der Waals surface area contributed by atoms with Crippen molar-refractivity contribution in [3.05, 3.63) is 56.2 Å². The molecule has 7 heteroatoms. The molecule has 1 N–H and O–H groups in total. The van der Waals surface area contributed by atoms with E-state index in [1.54, 1.807) is 24.3 Å². The van der Waals surface area contributed by atoms with Crippen LogP contribution in [0.1, 0.15) is 20.8 Å². The smallest absolute Gasteiger partial charge is 0.331 e. The van der Waals surface area contributed by atoms with Crippen LogP contribution in [0.4, 0.5) is 5.69 Å². The number of fused-ring (bicyclic) bond motifs is 1. The maximum Gasteiger partial charge on any atom is 0.331 e. The van der Waals surface area contributed by atoms with Crippen LogP contribution in [-0.2, 0) is 20.7 Å². The van der Waals surface area contributed by atoms with Crippen molar-refractivity contribution < 1.29 is 19.1 Å². The fourth-order valence-corrected chi connectivity index (χ4v) is 3.57. The molecule has 0 spiro atoms. The van der Waals surface area contributed by atoms with Gasteiger partial charge >= 0.3 is 5.97 Å². The van der Waals surface area contributed by atoms with Crippen molar-refractivity contribution in [3.8, 4) is 0 Å². The second kappa shape index (κ2) is 7.11. The van der Waals surface area contributed by atoms with Gasteiger partial charge in [-0.25, -0.2) is 4.79 Å². The van der Waals surface area contributed by atoms with E-state index in [9.17, 15) is 14.4 Å². The van der Waals surface area contributed by atoms with Crippen LogP contribution >= 0.6 is 27.3 Å². The number of hydrogen-bond acceptors (Lipinski definition) is 5. The quantitative estimate of drug-likeness (QED) is 0.469. The van der Waals surface area contributed by atoms with Crippen molar-refractivity contribution in [2.75, 3.05) is 11.9 Å². The number of nitrogens with one attached hydrogen (secondary N) is 1. The Bertz CT molecular complexity index is 856. The van der Waals surface area contributed by atoms with E-state index in [1.807, 2.05) is 12.1 Å². The fraction of sp³-hybridized carbons (Fsp3) is 0.118. The molecule has 1 aromatic heterocycles. The van der Waals surface area contributed by atoms with E-state index in [1.165, 1.54) is 17.4 Å². The van der Waals surface area contributed by atoms with Crippen molar-refractivity contribution in [2.24, 2.45) is 0 Å². The van der Waals surface area contributed by atoms with E-state index in [2.05, 4.69) is 21.2 Å². The molecular weight excluding hydrogens is 394 g/mol. The average molecular weight is 406 g/mol. The van der Waals surface area contributed by atoms with Crippen LogP contribution in [0.25, 0.3) is 6.08 Å². The normalized spacial score (nSPS) is 13.0. The zero-order valence-electron chi connectivity index (χ0n) is 12.4. The number of thiophene rings is 1. The minimum absolute atomic E-state index is 0.0913. The highest BCUT2D eigenvalue weighted by molar-refractivity contribution is 9.11. The summed E-state index contributed by atoms with van der Waals surface area (Å²) in [5.41, 5.74) is 1.92. The van der Waals surface area contributed by atoms with Gasteiger partial charge in [0.25, 0.3) is 0 Å². The molecule has 1 amide bonds. The first-order valence-electron chi connectivity index (χ1n) is 7.07. The molecule has 5 nitrogen and oxygen atoms in total. The number of hydrogen-bond donors (Lipinski definition) is 1. The second-order valence-electron chi connectivity index (χ2n) is 5.10. The first kappa shape index (κ1) is 16.6. The maximum atomic E-state index is 12.1. The number of halogens is 1. The standard InChI is InChI=1S/C17H12BrNO4S/c18-15-5-2-12(24-15)3-6-17(22)23-9-14(20)10-1-4-13-11(7-10)8-16(21)19-13/h1-7H,8-9H2,(H,19,21)/b6-3+. The van der Waals surface area contributed by atoms with Gasteiger partial charge in [0.2, 0.25) is 5.91 Å². The van der Waals surface area contributed by atoms with Crippen LogP contribution in [0.3, 0.4) is 0 Å². The number of benzene rings is 1. The van der Waals surface area contributed by atoms with Gasteiger partial charge < -0.3 is 10.1 Å². The van der Waals surface area contributed by atoms with E-state index in [4.69, 9.17) is 4.74 Å². The number of ether oxygens (including phenoxy) is 1. The van der Waals surface area contributed by atoms with Crippen LogP contribution in [-0.4, -0.2) is 24.3 Å². The largest absolute Gasteiger partial charge is 0.454 e. The van der Waals surface area contributed by atoms with Gasteiger partial charge in [-0.1, -0.05) is 0 Å². The SMILES string of the molecule is O=C1Cc2cc(C(=O)COC(=O)/C=C/c3ccc(Br)s3)ccc2N1. The second-order valence-corrected chi connectivity index (χ2v) is 7.60. The molecule has 0 aliphatic carbocycles. The minimum atomic E-state index is -0.578. The van der Waals surface area contributed by atoms with Gasteiger partial charge in [0.1, 0.15) is 0 Å². The first-order valence-corrected chi connectivity index (χ1v) is 8.68. The molecule has 0 radical (unpaired) electrons. The van der Waals surface area contributed by atoms with Crippen molar-refractivity contribution in [3.63, 3.8) is 0 Å². The molecule has 0 saturated heterocycles. The van der Waals surface area contributed by atoms with Gasteiger partial charge in [0.15, 0.2) is 12.4 Å². The molecule has 1 aliphatic heterocycles. The lowest BCUT2D eigenvalue weighted by molar-refractivity contribution is -0.136. The molecule has 3 rings (SSSR count). The number of amides is 1. The lowest BCUT2D eigenvalue weighted by Crippen LogP contribution is -2.12. The Hall–Kier alpha value is -2.25. The summed E-state index contributed by atoms with van der Waals surface area (Å²) in [7, 11) is 0. The molecule has 2 aromatic rings. The zero-order valence-corrected chi connectivity index (χ0v) is 14.8. The van der Waals surface area contributed by atoms with Gasteiger partial charge in [-0.2, -0.15) is 0 Å². The van der Waals surface area contributed by atoms with Crippen molar-refractivity contribution in [2.45, 2.75) is 6.42 Å². The number of anilines is 1. The first-order chi connectivity index (χ1) is 11.5. The summed E-state index contributed by atoms with van der Waals surface area (Å²) in [6.07, 6.45) is 3.18. The summed E-state index contributed by atoms with van der Waals surface area (Å²) in [4.78, 5) is 36.0. The molecule has 0 saturated carbocycles. The van der Waals surface area contributed by atoms with E-state index in [0.717, 1.165) is 19.9 Å². The van der Waals surface area contributed by atoms with Gasteiger partial charge in [-0.15, -0.1) is 11.3 Å². The number of carbonyl (C=O) groups is 3. The Balaban J connectivity index is 1.56. The van der Waals surface area contributed by atoms with Gasteiger partial charge in [-0.3, -0.25) is 9.59 Å².